The van der Waals surface area contributed by atoms with E-state index in [-0.39, 0.29) is 11.9 Å². The number of benzene rings is 2. The number of pyridine rings is 1. The van der Waals surface area contributed by atoms with Crippen molar-refractivity contribution >= 4 is 11.2 Å². The average Bonchev–Trinajstić information content (AvgIpc) is 3.04. The van der Waals surface area contributed by atoms with E-state index in [0.29, 0.717) is 5.65 Å². The molecule has 4 rings (SSSR count). The predicted octanol–water partition coefficient (Wildman–Crippen LogP) is 5.22. The summed E-state index contributed by atoms with van der Waals surface area (Å²) in [4.78, 5) is 12.3. The topological polar surface area (TPSA) is 50.8 Å². The van der Waals surface area contributed by atoms with E-state index in [2.05, 4.69) is 15.0 Å². The second-order valence-electron chi connectivity index (χ2n) is 6.39. The number of ether oxygens (including phenoxy) is 1. The van der Waals surface area contributed by atoms with E-state index in [1.165, 1.54) is 12.1 Å². The lowest BCUT2D eigenvalue weighted by atomic mass is 10.1. The van der Waals surface area contributed by atoms with Gasteiger partial charge in [0, 0.05) is 17.3 Å². The first-order valence-electron chi connectivity index (χ1n) is 8.47. The minimum atomic E-state index is -0.269. The first kappa shape index (κ1) is 16.3. The molecule has 0 atom stereocenters. The van der Waals surface area contributed by atoms with Crippen molar-refractivity contribution in [2.24, 2.45) is 0 Å². The molecule has 2 aromatic heterocycles. The minimum absolute atomic E-state index is 0.108. The summed E-state index contributed by atoms with van der Waals surface area (Å²) in [6, 6.07) is 16.2. The van der Waals surface area contributed by atoms with Crippen LogP contribution in [0.15, 0.2) is 60.8 Å². The average molecular weight is 347 g/mol. The second-order valence-corrected chi connectivity index (χ2v) is 6.39. The van der Waals surface area contributed by atoms with Crippen molar-refractivity contribution in [2.45, 2.75) is 20.0 Å². The third-order valence-corrected chi connectivity index (χ3v) is 3.97. The highest BCUT2D eigenvalue weighted by Gasteiger charge is 2.10. The fraction of sp³-hybridized carbons (Fsp3) is 0.143. The molecular weight excluding hydrogens is 329 g/mol. The van der Waals surface area contributed by atoms with Crippen LogP contribution in [0.1, 0.15) is 13.8 Å². The van der Waals surface area contributed by atoms with Gasteiger partial charge in [-0.25, -0.2) is 14.4 Å². The number of halogens is 1. The van der Waals surface area contributed by atoms with Gasteiger partial charge in [-0.05, 0) is 49.7 Å². The number of hydrogen-bond donors (Lipinski definition) is 1. The molecule has 26 heavy (non-hydrogen) atoms. The molecule has 0 aliphatic heterocycles. The SMILES string of the molecule is CC(C)Oc1cccc(-c2nc3ncc(-c4cccc(F)c4)cc3[nH]2)c1. The highest BCUT2D eigenvalue weighted by atomic mass is 19.1. The van der Waals surface area contributed by atoms with Crippen LogP contribution in [0.4, 0.5) is 4.39 Å². The summed E-state index contributed by atoms with van der Waals surface area (Å²) in [6.07, 6.45) is 1.82. The van der Waals surface area contributed by atoms with Gasteiger partial charge in [0.25, 0.3) is 0 Å². The van der Waals surface area contributed by atoms with Crippen LogP contribution in [0.2, 0.25) is 0 Å². The molecule has 4 nitrogen and oxygen atoms in total. The Morgan fingerprint density at radius 2 is 1.77 bits per heavy atom. The minimum Gasteiger partial charge on any atom is -0.491 e. The normalized spacial score (nSPS) is 11.2. The molecule has 0 fully saturated rings. The van der Waals surface area contributed by atoms with E-state index in [1.54, 1.807) is 12.3 Å². The summed E-state index contributed by atoms with van der Waals surface area (Å²) >= 11 is 0. The number of nitrogens with zero attached hydrogens (tertiary/aromatic N) is 2. The molecule has 130 valence electrons. The van der Waals surface area contributed by atoms with Crippen LogP contribution < -0.4 is 4.74 Å². The van der Waals surface area contributed by atoms with Crippen LogP contribution in [0.25, 0.3) is 33.7 Å². The quantitative estimate of drug-likeness (QED) is 0.551. The van der Waals surface area contributed by atoms with Gasteiger partial charge in [-0.15, -0.1) is 0 Å². The van der Waals surface area contributed by atoms with Gasteiger partial charge in [0.15, 0.2) is 5.65 Å². The Morgan fingerprint density at radius 3 is 2.58 bits per heavy atom. The third-order valence-electron chi connectivity index (χ3n) is 3.97. The molecule has 0 bridgehead atoms. The molecule has 5 heteroatoms. The van der Waals surface area contributed by atoms with Crippen LogP contribution in [-0.4, -0.2) is 21.1 Å². The number of imidazole rings is 1. The number of H-pyrrole nitrogens is 1. The van der Waals surface area contributed by atoms with Gasteiger partial charge in [0.2, 0.25) is 0 Å². The summed E-state index contributed by atoms with van der Waals surface area (Å²) in [5.41, 5.74) is 3.97. The van der Waals surface area contributed by atoms with Crippen LogP contribution in [-0.2, 0) is 0 Å². The van der Waals surface area contributed by atoms with Gasteiger partial charge < -0.3 is 9.72 Å². The van der Waals surface area contributed by atoms with Crippen LogP contribution in [0.3, 0.4) is 0 Å². The third kappa shape index (κ3) is 3.28. The molecular formula is C21H18FN3O. The number of rotatable bonds is 4. The maximum atomic E-state index is 13.5. The zero-order chi connectivity index (χ0) is 18.1. The van der Waals surface area contributed by atoms with E-state index in [4.69, 9.17) is 4.74 Å². The van der Waals surface area contributed by atoms with Crippen molar-refractivity contribution in [3.8, 4) is 28.3 Å². The lowest BCUT2D eigenvalue weighted by Crippen LogP contribution is -2.05. The Bertz CT molecular complexity index is 1070. The highest BCUT2D eigenvalue weighted by Crippen LogP contribution is 2.26. The van der Waals surface area contributed by atoms with E-state index in [0.717, 1.165) is 33.8 Å². The molecule has 1 N–H and O–H groups in total. The van der Waals surface area contributed by atoms with Crippen LogP contribution in [0.5, 0.6) is 5.75 Å². The zero-order valence-corrected chi connectivity index (χ0v) is 14.5. The lowest BCUT2D eigenvalue weighted by molar-refractivity contribution is 0.242. The summed E-state index contributed by atoms with van der Waals surface area (Å²) in [5.74, 6) is 1.25. The van der Waals surface area contributed by atoms with Crippen molar-refractivity contribution in [3.63, 3.8) is 0 Å². The van der Waals surface area contributed by atoms with Crippen molar-refractivity contribution in [1.29, 1.82) is 0 Å². The van der Waals surface area contributed by atoms with E-state index >= 15 is 0 Å². The molecule has 0 unspecified atom stereocenters. The summed E-state index contributed by atoms with van der Waals surface area (Å²) < 4.78 is 19.2. The first-order chi connectivity index (χ1) is 12.6. The van der Waals surface area contributed by atoms with E-state index < -0.39 is 0 Å². The Hall–Kier alpha value is -3.21. The van der Waals surface area contributed by atoms with Gasteiger partial charge in [0.1, 0.15) is 17.4 Å². The Labute approximate surface area is 150 Å². The molecule has 0 saturated heterocycles. The molecule has 0 aliphatic rings. The van der Waals surface area contributed by atoms with Gasteiger partial charge in [-0.2, -0.15) is 0 Å². The number of aromatic amines is 1. The Kier molecular flexibility index (Phi) is 4.13. The smallest absolute Gasteiger partial charge is 0.178 e. The molecule has 0 aliphatic carbocycles. The maximum absolute atomic E-state index is 13.5. The summed E-state index contributed by atoms with van der Waals surface area (Å²) in [7, 11) is 0. The van der Waals surface area contributed by atoms with Crippen molar-refractivity contribution in [3.05, 3.63) is 66.6 Å². The number of hydrogen-bond acceptors (Lipinski definition) is 3. The van der Waals surface area contributed by atoms with E-state index in [9.17, 15) is 4.39 Å². The Balaban J connectivity index is 1.72. The zero-order valence-electron chi connectivity index (χ0n) is 14.5. The lowest BCUT2D eigenvalue weighted by Gasteiger charge is -2.10. The van der Waals surface area contributed by atoms with Crippen molar-refractivity contribution < 1.29 is 9.13 Å². The summed E-state index contributed by atoms with van der Waals surface area (Å²) in [5, 5.41) is 0. The Morgan fingerprint density at radius 1 is 0.962 bits per heavy atom. The van der Waals surface area contributed by atoms with E-state index in [1.807, 2.05) is 50.2 Å². The molecule has 0 spiro atoms. The monoisotopic (exact) mass is 347 g/mol. The van der Waals surface area contributed by atoms with Gasteiger partial charge >= 0.3 is 0 Å². The molecule has 0 radical (unpaired) electrons. The van der Waals surface area contributed by atoms with Gasteiger partial charge in [0.05, 0.1) is 11.6 Å². The van der Waals surface area contributed by atoms with Crippen LogP contribution in [0, 0.1) is 5.82 Å². The first-order valence-corrected chi connectivity index (χ1v) is 8.47. The summed E-state index contributed by atoms with van der Waals surface area (Å²) in [6.45, 7) is 3.98. The fourth-order valence-electron chi connectivity index (χ4n) is 2.85. The van der Waals surface area contributed by atoms with Crippen LogP contribution >= 0.6 is 0 Å². The largest absolute Gasteiger partial charge is 0.491 e. The van der Waals surface area contributed by atoms with Gasteiger partial charge in [-0.3, -0.25) is 0 Å². The number of aromatic nitrogens is 3. The number of fused-ring (bicyclic) bond motifs is 1. The molecule has 4 aromatic rings. The van der Waals surface area contributed by atoms with Gasteiger partial charge in [-0.1, -0.05) is 24.3 Å². The second kappa shape index (κ2) is 6.59. The fourth-order valence-corrected chi connectivity index (χ4v) is 2.85. The highest BCUT2D eigenvalue weighted by molar-refractivity contribution is 5.81. The predicted molar refractivity (Wildman–Crippen MR) is 100 cm³/mol. The van der Waals surface area contributed by atoms with Crippen molar-refractivity contribution in [2.75, 3.05) is 0 Å². The van der Waals surface area contributed by atoms with Crippen molar-refractivity contribution in [1.82, 2.24) is 15.0 Å². The maximum Gasteiger partial charge on any atom is 0.178 e. The molecule has 2 aromatic carbocycles. The number of nitrogens with one attached hydrogen (secondary N) is 1. The molecule has 0 amide bonds. The standard InChI is InChI=1S/C21H18FN3O/c1-13(2)26-18-8-4-6-15(10-18)20-24-19-11-16(12-23-21(19)25-20)14-5-3-7-17(22)9-14/h3-13H,1-2H3,(H,23,24,25). The molecule has 2 heterocycles. The molecule has 0 saturated carbocycles.